The van der Waals surface area contributed by atoms with Gasteiger partial charge < -0.3 is 19.4 Å². The Hall–Kier alpha value is -2.76. The van der Waals surface area contributed by atoms with Gasteiger partial charge in [0.25, 0.3) is 11.5 Å². The van der Waals surface area contributed by atoms with Crippen LogP contribution in [0.5, 0.6) is 11.5 Å². The Morgan fingerprint density at radius 3 is 2.54 bits per heavy atom. The summed E-state index contributed by atoms with van der Waals surface area (Å²) in [6.07, 6.45) is 1.91. The van der Waals surface area contributed by atoms with E-state index in [2.05, 4.69) is 4.98 Å². The highest BCUT2D eigenvalue weighted by Gasteiger charge is 2.26. The van der Waals surface area contributed by atoms with E-state index in [9.17, 15) is 9.59 Å². The van der Waals surface area contributed by atoms with E-state index in [-0.39, 0.29) is 28.9 Å². The maximum absolute atomic E-state index is 12.8. The fourth-order valence-electron chi connectivity index (χ4n) is 3.44. The molecule has 0 bridgehead atoms. The summed E-state index contributed by atoms with van der Waals surface area (Å²) < 4.78 is 11.0. The molecule has 1 aromatic heterocycles. The van der Waals surface area contributed by atoms with Crippen LogP contribution in [0.4, 0.5) is 0 Å². The zero-order chi connectivity index (χ0) is 20.1. The standard InChI is InChI=1S/C22H28N2O4/c1-15(2)20-11-10-19(21(25)23-20)22(26)24-12-4-5-16(13-24)14-28-18-8-6-17(27-3)7-9-18/h6-11,15-16H,4-5,12-14H2,1-3H3,(H,23,25)/t16-/m0/s1. The smallest absolute Gasteiger partial charge is 0.261 e. The number of likely N-dealkylation sites (tertiary alicyclic amines) is 1. The number of nitrogens with one attached hydrogen (secondary N) is 1. The maximum atomic E-state index is 12.8. The predicted molar refractivity (Wildman–Crippen MR) is 108 cm³/mol. The Morgan fingerprint density at radius 2 is 1.89 bits per heavy atom. The SMILES string of the molecule is COc1ccc(OC[C@H]2CCCN(C(=O)c3ccc(C(C)C)[nH]c3=O)C2)cc1. The molecule has 1 saturated heterocycles. The number of H-pyrrole nitrogens is 1. The molecule has 150 valence electrons. The van der Waals surface area contributed by atoms with Gasteiger partial charge in [0.1, 0.15) is 17.1 Å². The van der Waals surface area contributed by atoms with Crippen molar-refractivity contribution < 1.29 is 14.3 Å². The zero-order valence-corrected chi connectivity index (χ0v) is 16.7. The molecule has 0 radical (unpaired) electrons. The molecule has 1 amide bonds. The van der Waals surface area contributed by atoms with Gasteiger partial charge in [-0.15, -0.1) is 0 Å². The lowest BCUT2D eigenvalue weighted by molar-refractivity contribution is 0.0631. The van der Waals surface area contributed by atoms with Crippen molar-refractivity contribution in [2.45, 2.75) is 32.6 Å². The van der Waals surface area contributed by atoms with Gasteiger partial charge >= 0.3 is 0 Å². The molecule has 0 spiro atoms. The summed E-state index contributed by atoms with van der Waals surface area (Å²) in [6, 6.07) is 10.9. The molecule has 3 rings (SSSR count). The molecule has 1 N–H and O–H groups in total. The van der Waals surface area contributed by atoms with Crippen LogP contribution in [0.2, 0.25) is 0 Å². The second-order valence-electron chi connectivity index (χ2n) is 7.56. The van der Waals surface area contributed by atoms with Crippen molar-refractivity contribution in [2.24, 2.45) is 5.92 Å². The van der Waals surface area contributed by atoms with Crippen molar-refractivity contribution >= 4 is 5.91 Å². The third-order valence-corrected chi connectivity index (χ3v) is 5.14. The van der Waals surface area contributed by atoms with E-state index in [0.29, 0.717) is 19.7 Å². The molecule has 6 nitrogen and oxygen atoms in total. The number of ether oxygens (including phenoxy) is 2. The zero-order valence-electron chi connectivity index (χ0n) is 16.7. The van der Waals surface area contributed by atoms with Crippen molar-refractivity contribution in [1.82, 2.24) is 9.88 Å². The van der Waals surface area contributed by atoms with Crippen molar-refractivity contribution in [3.63, 3.8) is 0 Å². The molecule has 1 aliphatic rings. The quantitative estimate of drug-likeness (QED) is 0.828. The lowest BCUT2D eigenvalue weighted by atomic mass is 9.98. The van der Waals surface area contributed by atoms with E-state index in [1.54, 1.807) is 18.1 Å². The second kappa shape index (κ2) is 8.95. The van der Waals surface area contributed by atoms with E-state index < -0.39 is 0 Å². The highest BCUT2D eigenvalue weighted by Crippen LogP contribution is 2.22. The number of pyridine rings is 1. The first-order chi connectivity index (χ1) is 13.5. The van der Waals surface area contributed by atoms with E-state index in [4.69, 9.17) is 9.47 Å². The Bertz CT molecular complexity index is 858. The highest BCUT2D eigenvalue weighted by atomic mass is 16.5. The summed E-state index contributed by atoms with van der Waals surface area (Å²) in [5.74, 6) is 1.83. The van der Waals surface area contributed by atoms with Gasteiger partial charge in [0, 0.05) is 24.7 Å². The van der Waals surface area contributed by atoms with Crippen LogP contribution in [0.1, 0.15) is 48.7 Å². The first-order valence-electron chi connectivity index (χ1n) is 9.77. The summed E-state index contributed by atoms with van der Waals surface area (Å²) in [7, 11) is 1.63. The molecular weight excluding hydrogens is 356 g/mol. The number of hydrogen-bond donors (Lipinski definition) is 1. The molecule has 1 atom stereocenters. The molecule has 0 aliphatic carbocycles. The van der Waals surface area contributed by atoms with Crippen LogP contribution in [0.25, 0.3) is 0 Å². The Balaban J connectivity index is 1.60. The van der Waals surface area contributed by atoms with Gasteiger partial charge in [-0.1, -0.05) is 13.8 Å². The number of carbonyl (C=O) groups is 1. The van der Waals surface area contributed by atoms with Crippen LogP contribution in [-0.4, -0.2) is 42.6 Å². The molecule has 6 heteroatoms. The summed E-state index contributed by atoms with van der Waals surface area (Å²) in [5, 5.41) is 0. The number of carbonyl (C=O) groups excluding carboxylic acids is 1. The number of aromatic amines is 1. The Morgan fingerprint density at radius 1 is 1.18 bits per heavy atom. The summed E-state index contributed by atoms with van der Waals surface area (Å²) in [4.78, 5) is 29.8. The van der Waals surface area contributed by atoms with Crippen molar-refractivity contribution in [1.29, 1.82) is 0 Å². The molecule has 2 aromatic rings. The number of amides is 1. The van der Waals surface area contributed by atoms with E-state index >= 15 is 0 Å². The topological polar surface area (TPSA) is 71.6 Å². The van der Waals surface area contributed by atoms with Gasteiger partial charge in [0.05, 0.1) is 13.7 Å². The minimum Gasteiger partial charge on any atom is -0.497 e. The van der Waals surface area contributed by atoms with Crippen LogP contribution >= 0.6 is 0 Å². The van der Waals surface area contributed by atoms with Crippen LogP contribution in [-0.2, 0) is 0 Å². The largest absolute Gasteiger partial charge is 0.497 e. The molecule has 1 aliphatic heterocycles. The third kappa shape index (κ3) is 4.74. The third-order valence-electron chi connectivity index (χ3n) is 5.14. The fourth-order valence-corrected chi connectivity index (χ4v) is 3.44. The van der Waals surface area contributed by atoms with Gasteiger partial charge in [-0.2, -0.15) is 0 Å². The van der Waals surface area contributed by atoms with E-state index in [1.165, 1.54) is 0 Å². The molecule has 28 heavy (non-hydrogen) atoms. The first-order valence-corrected chi connectivity index (χ1v) is 9.77. The van der Waals surface area contributed by atoms with E-state index in [0.717, 1.165) is 30.0 Å². The van der Waals surface area contributed by atoms with Crippen molar-refractivity contribution in [3.05, 3.63) is 58.0 Å². The van der Waals surface area contributed by atoms with Crippen LogP contribution in [0.15, 0.2) is 41.2 Å². The first kappa shape index (κ1) is 20.0. The van der Waals surface area contributed by atoms with Gasteiger partial charge in [-0.3, -0.25) is 9.59 Å². The molecule has 0 saturated carbocycles. The minimum atomic E-state index is -0.312. The minimum absolute atomic E-state index is 0.203. The monoisotopic (exact) mass is 384 g/mol. The number of nitrogens with zero attached hydrogens (tertiary/aromatic N) is 1. The highest BCUT2D eigenvalue weighted by molar-refractivity contribution is 5.93. The summed E-state index contributed by atoms with van der Waals surface area (Å²) >= 11 is 0. The summed E-state index contributed by atoms with van der Waals surface area (Å²) in [5.41, 5.74) is 0.736. The van der Waals surface area contributed by atoms with Crippen molar-refractivity contribution in [3.8, 4) is 11.5 Å². The number of aromatic nitrogens is 1. The molecule has 2 heterocycles. The average molecular weight is 384 g/mol. The van der Waals surface area contributed by atoms with Crippen LogP contribution < -0.4 is 15.0 Å². The molecule has 0 unspecified atom stereocenters. The van der Waals surface area contributed by atoms with Crippen LogP contribution in [0, 0.1) is 5.92 Å². The van der Waals surface area contributed by atoms with Gasteiger partial charge in [-0.05, 0) is 55.2 Å². The predicted octanol–water partition coefficient (Wildman–Crippen LogP) is 3.44. The number of hydrogen-bond acceptors (Lipinski definition) is 4. The summed E-state index contributed by atoms with van der Waals surface area (Å²) in [6.45, 7) is 5.82. The fraction of sp³-hybridized carbons (Fsp3) is 0.455. The van der Waals surface area contributed by atoms with Gasteiger partial charge in [0.2, 0.25) is 0 Å². The lowest BCUT2D eigenvalue weighted by Crippen LogP contribution is -2.43. The number of rotatable bonds is 6. The molecule has 1 fully saturated rings. The molecule has 1 aromatic carbocycles. The van der Waals surface area contributed by atoms with E-state index in [1.807, 2.05) is 44.2 Å². The van der Waals surface area contributed by atoms with Crippen molar-refractivity contribution in [2.75, 3.05) is 26.8 Å². The normalized spacial score (nSPS) is 16.9. The van der Waals surface area contributed by atoms with Gasteiger partial charge in [0.15, 0.2) is 0 Å². The average Bonchev–Trinajstić information content (AvgIpc) is 2.72. The van der Waals surface area contributed by atoms with Crippen LogP contribution in [0.3, 0.4) is 0 Å². The Labute approximate surface area is 165 Å². The number of benzene rings is 1. The maximum Gasteiger partial charge on any atom is 0.261 e. The number of methoxy groups -OCH3 is 1. The molecular formula is C22H28N2O4. The second-order valence-corrected chi connectivity index (χ2v) is 7.56. The Kier molecular flexibility index (Phi) is 6.39. The number of piperidine rings is 1. The lowest BCUT2D eigenvalue weighted by Gasteiger charge is -2.32. The van der Waals surface area contributed by atoms with Gasteiger partial charge in [-0.25, -0.2) is 0 Å².